The molecule has 1 N–H and O–H groups in total. The lowest BCUT2D eigenvalue weighted by molar-refractivity contribution is -0.124. The first-order chi connectivity index (χ1) is 14.1. The van der Waals surface area contributed by atoms with Gasteiger partial charge in [0.15, 0.2) is 0 Å². The van der Waals surface area contributed by atoms with E-state index in [0.29, 0.717) is 41.3 Å². The molecule has 1 saturated carbocycles. The van der Waals surface area contributed by atoms with E-state index < -0.39 is 11.8 Å². The normalized spacial score (nSPS) is 23.1. The van der Waals surface area contributed by atoms with E-state index in [2.05, 4.69) is 19.2 Å². The second-order valence-electron chi connectivity index (χ2n) is 8.95. The zero-order valence-corrected chi connectivity index (χ0v) is 17.6. The molecule has 30 heavy (non-hydrogen) atoms. The monoisotopic (exact) mass is 408 g/mol. The summed E-state index contributed by atoms with van der Waals surface area (Å²) >= 11 is 0. The van der Waals surface area contributed by atoms with Crippen LogP contribution in [-0.2, 0) is 9.59 Å². The Morgan fingerprint density at radius 2 is 1.80 bits per heavy atom. The van der Waals surface area contributed by atoms with E-state index >= 15 is 0 Å². The summed E-state index contributed by atoms with van der Waals surface area (Å²) in [5.41, 5.74) is 2.11. The van der Waals surface area contributed by atoms with E-state index in [1.165, 1.54) is 24.3 Å². The highest BCUT2D eigenvalue weighted by atomic mass is 19.1. The number of ketones is 1. The Kier molecular flexibility index (Phi) is 4.96. The summed E-state index contributed by atoms with van der Waals surface area (Å²) in [5.74, 6) is -0.413. The number of nitrogens with zero attached hydrogens (tertiary/aromatic N) is 1. The number of carbonyl (C=O) groups excluding carboxylic acids is 2. The first-order valence-electron chi connectivity index (χ1n) is 10.1. The van der Waals surface area contributed by atoms with Crippen LogP contribution in [0.3, 0.4) is 0 Å². The molecule has 1 aliphatic heterocycles. The molecule has 1 aromatic carbocycles. The molecule has 0 bridgehead atoms. The van der Waals surface area contributed by atoms with Gasteiger partial charge in [-0.25, -0.2) is 4.39 Å². The second-order valence-corrected chi connectivity index (χ2v) is 8.95. The Balaban J connectivity index is 1.78. The number of amides is 1. The minimum atomic E-state index is -0.532. The largest absolute Gasteiger partial charge is 0.466 e. The molecule has 6 heteroatoms. The van der Waals surface area contributed by atoms with E-state index in [0.717, 1.165) is 5.71 Å². The number of carbonyl (C=O) groups is 2. The Labute approximate surface area is 175 Å². The fourth-order valence-corrected chi connectivity index (χ4v) is 4.55. The molecule has 4 rings (SSSR count). The minimum Gasteiger partial charge on any atom is -0.466 e. The van der Waals surface area contributed by atoms with Gasteiger partial charge < -0.3 is 9.73 Å². The van der Waals surface area contributed by atoms with Crippen LogP contribution in [0, 0.1) is 24.1 Å². The van der Waals surface area contributed by atoms with Crippen molar-refractivity contribution in [1.82, 2.24) is 0 Å². The van der Waals surface area contributed by atoms with Gasteiger partial charge in [0.2, 0.25) is 0 Å². The number of hydrogen-bond donors (Lipinski definition) is 1. The van der Waals surface area contributed by atoms with Crippen LogP contribution in [0.1, 0.15) is 51.1 Å². The quantitative estimate of drug-likeness (QED) is 0.760. The van der Waals surface area contributed by atoms with Crippen LogP contribution in [0.15, 0.2) is 57.1 Å². The van der Waals surface area contributed by atoms with Gasteiger partial charge in [-0.2, -0.15) is 0 Å². The molecule has 156 valence electrons. The SMILES string of the molecule is CC1=C(C(=O)Nc2ccc(F)cc2)[C@H](c2ccc(C)o2)C2C(=O)CC(C)(C)CC2=N1. The fraction of sp³-hybridized carbons (Fsp3) is 0.375. The Hall–Kier alpha value is -3.02. The molecule has 0 saturated heterocycles. The van der Waals surface area contributed by atoms with Gasteiger partial charge in [0, 0.05) is 23.5 Å². The number of hydrogen-bond acceptors (Lipinski definition) is 4. The molecule has 1 aromatic heterocycles. The summed E-state index contributed by atoms with van der Waals surface area (Å²) < 4.78 is 19.1. The highest BCUT2D eigenvalue weighted by Gasteiger charge is 2.48. The van der Waals surface area contributed by atoms with Gasteiger partial charge in [-0.3, -0.25) is 14.6 Å². The van der Waals surface area contributed by atoms with Gasteiger partial charge in [0.05, 0.1) is 17.4 Å². The van der Waals surface area contributed by atoms with Crippen LogP contribution in [0.25, 0.3) is 0 Å². The van der Waals surface area contributed by atoms with Crippen molar-refractivity contribution in [1.29, 1.82) is 0 Å². The number of rotatable bonds is 3. The van der Waals surface area contributed by atoms with Crippen molar-refractivity contribution in [2.45, 2.75) is 46.5 Å². The van der Waals surface area contributed by atoms with Crippen LogP contribution < -0.4 is 5.32 Å². The molecule has 2 atom stereocenters. The number of Topliss-reactive ketones (excluding diaryl/α,β-unsaturated/α-hetero) is 1. The first-order valence-corrected chi connectivity index (χ1v) is 10.1. The van der Waals surface area contributed by atoms with Gasteiger partial charge in [0.1, 0.15) is 23.1 Å². The number of benzene rings is 1. The molecule has 1 aliphatic carbocycles. The van der Waals surface area contributed by atoms with E-state index in [-0.39, 0.29) is 22.9 Å². The minimum absolute atomic E-state index is 0.0728. The van der Waals surface area contributed by atoms with Crippen LogP contribution in [0.4, 0.5) is 10.1 Å². The van der Waals surface area contributed by atoms with Gasteiger partial charge in [-0.15, -0.1) is 0 Å². The van der Waals surface area contributed by atoms with Crippen LogP contribution >= 0.6 is 0 Å². The Morgan fingerprint density at radius 1 is 1.10 bits per heavy atom. The van der Waals surface area contributed by atoms with E-state index in [4.69, 9.17) is 9.41 Å². The van der Waals surface area contributed by atoms with Gasteiger partial charge >= 0.3 is 0 Å². The molecule has 1 fully saturated rings. The van der Waals surface area contributed by atoms with Crippen molar-refractivity contribution in [3.8, 4) is 0 Å². The third-order valence-electron chi connectivity index (χ3n) is 5.78. The molecular weight excluding hydrogens is 383 g/mol. The molecule has 1 unspecified atom stereocenters. The van der Waals surface area contributed by atoms with Crippen LogP contribution in [0.5, 0.6) is 0 Å². The molecular formula is C24H25FN2O3. The van der Waals surface area contributed by atoms with Gasteiger partial charge in [0.25, 0.3) is 5.91 Å². The lowest BCUT2D eigenvalue weighted by Crippen LogP contribution is -2.44. The maximum Gasteiger partial charge on any atom is 0.254 e. The predicted octanol–water partition coefficient (Wildman–Crippen LogP) is 5.18. The Morgan fingerprint density at radius 3 is 2.43 bits per heavy atom. The summed E-state index contributed by atoms with van der Waals surface area (Å²) in [5, 5.41) is 2.82. The number of nitrogens with one attached hydrogen (secondary N) is 1. The number of aryl methyl sites for hydroxylation is 1. The number of furan rings is 1. The average Bonchev–Trinajstić information content (AvgIpc) is 3.07. The van der Waals surface area contributed by atoms with Crippen molar-refractivity contribution in [3.05, 3.63) is 65.0 Å². The molecule has 2 heterocycles. The van der Waals surface area contributed by atoms with Crippen LogP contribution in [0.2, 0.25) is 0 Å². The third kappa shape index (κ3) is 3.74. The molecule has 5 nitrogen and oxygen atoms in total. The highest BCUT2D eigenvalue weighted by molar-refractivity contribution is 6.14. The highest BCUT2D eigenvalue weighted by Crippen LogP contribution is 2.47. The van der Waals surface area contributed by atoms with E-state index in [1.807, 2.05) is 19.1 Å². The number of halogens is 1. The maximum absolute atomic E-state index is 13.3. The fourth-order valence-electron chi connectivity index (χ4n) is 4.55. The van der Waals surface area contributed by atoms with E-state index in [9.17, 15) is 14.0 Å². The average molecular weight is 408 g/mol. The summed E-state index contributed by atoms with van der Waals surface area (Å²) in [6.07, 6.45) is 1.13. The van der Waals surface area contributed by atoms with Crippen molar-refractivity contribution in [2.75, 3.05) is 5.32 Å². The Bertz CT molecular complexity index is 1080. The van der Waals surface area contributed by atoms with Crippen LogP contribution in [-0.4, -0.2) is 17.4 Å². The lowest BCUT2D eigenvalue weighted by Gasteiger charge is -2.40. The van der Waals surface area contributed by atoms with Crippen molar-refractivity contribution in [3.63, 3.8) is 0 Å². The topological polar surface area (TPSA) is 71.7 Å². The smallest absolute Gasteiger partial charge is 0.254 e. The molecule has 0 spiro atoms. The summed E-state index contributed by atoms with van der Waals surface area (Å²) in [4.78, 5) is 31.2. The molecule has 1 amide bonds. The first kappa shape index (κ1) is 20.3. The summed E-state index contributed by atoms with van der Waals surface area (Å²) in [7, 11) is 0. The van der Waals surface area contributed by atoms with Crippen molar-refractivity contribution in [2.24, 2.45) is 16.3 Å². The lowest BCUT2D eigenvalue weighted by atomic mass is 9.64. The maximum atomic E-state index is 13.3. The van der Waals surface area contributed by atoms with E-state index in [1.54, 1.807) is 6.92 Å². The van der Waals surface area contributed by atoms with Crippen molar-refractivity contribution < 1.29 is 18.4 Å². The number of aliphatic imine (C=N–C) groups is 1. The van der Waals surface area contributed by atoms with Gasteiger partial charge in [-0.1, -0.05) is 13.8 Å². The van der Waals surface area contributed by atoms with Crippen molar-refractivity contribution >= 4 is 23.1 Å². The number of anilines is 1. The summed E-state index contributed by atoms with van der Waals surface area (Å²) in [6, 6.07) is 9.24. The standard InChI is InChI=1S/C24H25FN2O3/c1-13-5-10-19(30-13)22-20(23(29)27-16-8-6-15(25)7-9-16)14(2)26-17-11-24(3,4)12-18(28)21(17)22/h5-10,21-22H,11-12H2,1-4H3,(H,27,29)/t21?,22-/m0/s1. The zero-order valence-electron chi connectivity index (χ0n) is 17.6. The van der Waals surface area contributed by atoms with Gasteiger partial charge in [-0.05, 0) is 62.1 Å². The molecule has 2 aromatic rings. The zero-order chi connectivity index (χ0) is 21.6. The molecule has 0 radical (unpaired) electrons. The summed E-state index contributed by atoms with van der Waals surface area (Å²) in [6.45, 7) is 7.75. The predicted molar refractivity (Wildman–Crippen MR) is 113 cm³/mol. The molecule has 2 aliphatic rings. The number of allylic oxidation sites excluding steroid dienone is 1. The third-order valence-corrected chi connectivity index (χ3v) is 5.78. The second kappa shape index (κ2) is 7.35. The number of fused-ring (bicyclic) bond motifs is 1.